The zero-order chi connectivity index (χ0) is 12.4. The molecule has 0 spiro atoms. The second kappa shape index (κ2) is 6.23. The van der Waals surface area contributed by atoms with Gasteiger partial charge >= 0.3 is 0 Å². The summed E-state index contributed by atoms with van der Waals surface area (Å²) in [6.45, 7) is 2.96. The van der Waals surface area contributed by atoms with Gasteiger partial charge in [0.25, 0.3) is 0 Å². The van der Waals surface area contributed by atoms with E-state index in [9.17, 15) is 0 Å². The van der Waals surface area contributed by atoms with Crippen LogP contribution >= 0.6 is 12.4 Å². The van der Waals surface area contributed by atoms with Gasteiger partial charge in [0.05, 0.1) is 12.0 Å². The van der Waals surface area contributed by atoms with Crippen LogP contribution in [-0.4, -0.2) is 36.2 Å². The molecular formula is C13H18ClN3O2. The quantitative estimate of drug-likeness (QED) is 0.932. The highest BCUT2D eigenvalue weighted by atomic mass is 35.5. The van der Waals surface area contributed by atoms with Gasteiger partial charge in [0.2, 0.25) is 5.76 Å². The molecule has 1 fully saturated rings. The number of hydrogen-bond donors (Lipinski definition) is 1. The van der Waals surface area contributed by atoms with Crippen molar-refractivity contribution in [1.82, 2.24) is 15.4 Å². The summed E-state index contributed by atoms with van der Waals surface area (Å²) in [7, 11) is 2.12. The van der Waals surface area contributed by atoms with Crippen LogP contribution in [0.5, 0.6) is 0 Å². The van der Waals surface area contributed by atoms with Gasteiger partial charge in [-0.25, -0.2) is 0 Å². The molecule has 19 heavy (non-hydrogen) atoms. The van der Waals surface area contributed by atoms with E-state index in [1.807, 2.05) is 18.2 Å². The van der Waals surface area contributed by atoms with Crippen molar-refractivity contribution < 1.29 is 8.94 Å². The minimum Gasteiger partial charge on any atom is -0.461 e. The van der Waals surface area contributed by atoms with E-state index in [4.69, 9.17) is 8.94 Å². The van der Waals surface area contributed by atoms with Gasteiger partial charge in [-0.3, -0.25) is 4.90 Å². The van der Waals surface area contributed by atoms with E-state index in [1.54, 1.807) is 6.26 Å². The van der Waals surface area contributed by atoms with E-state index >= 15 is 0 Å². The van der Waals surface area contributed by atoms with Crippen LogP contribution in [0.3, 0.4) is 0 Å². The van der Waals surface area contributed by atoms with Gasteiger partial charge in [0.15, 0.2) is 5.76 Å². The summed E-state index contributed by atoms with van der Waals surface area (Å²) in [6.07, 6.45) is 2.83. The molecule has 1 N–H and O–H groups in total. The van der Waals surface area contributed by atoms with E-state index in [1.165, 1.54) is 6.42 Å². The van der Waals surface area contributed by atoms with E-state index < -0.39 is 0 Å². The van der Waals surface area contributed by atoms with Gasteiger partial charge in [-0.05, 0) is 32.1 Å². The third kappa shape index (κ3) is 3.18. The van der Waals surface area contributed by atoms with Crippen LogP contribution in [0, 0.1) is 0 Å². The lowest BCUT2D eigenvalue weighted by Crippen LogP contribution is -2.32. The normalized spacial score (nSPS) is 18.7. The summed E-state index contributed by atoms with van der Waals surface area (Å²) in [5.41, 5.74) is 0.941. The Morgan fingerprint density at radius 1 is 1.47 bits per heavy atom. The summed E-state index contributed by atoms with van der Waals surface area (Å²) in [4.78, 5) is 2.31. The summed E-state index contributed by atoms with van der Waals surface area (Å²) >= 11 is 0. The standard InChI is InChI=1S/C13H17N3O2.ClH/c1-16(11-4-5-14-8-11)9-10-7-13(18-15-10)12-3-2-6-17-12;/h2-3,6-7,11,14H,4-5,8-9H2,1H3;1H. The molecule has 3 rings (SSSR count). The van der Waals surface area contributed by atoms with Gasteiger partial charge < -0.3 is 14.3 Å². The van der Waals surface area contributed by atoms with Crippen molar-refractivity contribution in [3.05, 3.63) is 30.2 Å². The Morgan fingerprint density at radius 3 is 3.05 bits per heavy atom. The molecule has 1 atom stereocenters. The van der Waals surface area contributed by atoms with Gasteiger partial charge in [0.1, 0.15) is 0 Å². The predicted octanol–water partition coefficient (Wildman–Crippen LogP) is 2.15. The topological polar surface area (TPSA) is 54.4 Å². The number of aromatic nitrogens is 1. The van der Waals surface area contributed by atoms with Crippen molar-refractivity contribution in [1.29, 1.82) is 0 Å². The highest BCUT2D eigenvalue weighted by molar-refractivity contribution is 5.85. The fraction of sp³-hybridized carbons (Fsp3) is 0.462. The van der Waals surface area contributed by atoms with Crippen molar-refractivity contribution in [2.45, 2.75) is 19.0 Å². The lowest BCUT2D eigenvalue weighted by atomic mass is 10.2. The molecule has 0 radical (unpaired) electrons. The zero-order valence-corrected chi connectivity index (χ0v) is 11.7. The maximum atomic E-state index is 5.29. The van der Waals surface area contributed by atoms with Crippen molar-refractivity contribution in [2.75, 3.05) is 20.1 Å². The molecule has 0 amide bonds. The van der Waals surface area contributed by atoms with Gasteiger partial charge in [0, 0.05) is 25.2 Å². The van der Waals surface area contributed by atoms with E-state index in [2.05, 4.69) is 22.4 Å². The third-order valence-corrected chi connectivity index (χ3v) is 3.39. The Hall–Kier alpha value is -1.30. The molecule has 0 aliphatic carbocycles. The van der Waals surface area contributed by atoms with Crippen LogP contribution in [0.4, 0.5) is 0 Å². The third-order valence-electron chi connectivity index (χ3n) is 3.39. The first-order chi connectivity index (χ1) is 8.83. The second-order valence-corrected chi connectivity index (χ2v) is 4.72. The molecule has 0 aromatic carbocycles. The van der Waals surface area contributed by atoms with Crippen molar-refractivity contribution in [3.63, 3.8) is 0 Å². The summed E-state index contributed by atoms with van der Waals surface area (Å²) < 4.78 is 10.6. The monoisotopic (exact) mass is 283 g/mol. The Labute approximate surface area is 118 Å². The molecule has 1 saturated heterocycles. The Kier molecular flexibility index (Phi) is 4.63. The van der Waals surface area contributed by atoms with Crippen LogP contribution in [0.2, 0.25) is 0 Å². The Morgan fingerprint density at radius 2 is 2.37 bits per heavy atom. The zero-order valence-electron chi connectivity index (χ0n) is 10.8. The molecule has 3 heterocycles. The minimum absolute atomic E-state index is 0. The van der Waals surface area contributed by atoms with Crippen molar-refractivity contribution in [3.8, 4) is 11.5 Å². The van der Waals surface area contributed by atoms with Crippen LogP contribution in [-0.2, 0) is 6.54 Å². The second-order valence-electron chi connectivity index (χ2n) is 4.72. The largest absolute Gasteiger partial charge is 0.461 e. The van der Waals surface area contributed by atoms with Crippen LogP contribution in [0.1, 0.15) is 12.1 Å². The fourth-order valence-corrected chi connectivity index (χ4v) is 2.32. The number of likely N-dealkylation sites (N-methyl/N-ethyl adjacent to an activating group) is 1. The predicted molar refractivity (Wildman–Crippen MR) is 74.2 cm³/mol. The van der Waals surface area contributed by atoms with Crippen LogP contribution in [0.15, 0.2) is 33.4 Å². The number of rotatable bonds is 4. The van der Waals surface area contributed by atoms with E-state index in [-0.39, 0.29) is 12.4 Å². The van der Waals surface area contributed by atoms with Crippen LogP contribution in [0.25, 0.3) is 11.5 Å². The maximum Gasteiger partial charge on any atom is 0.202 e. The van der Waals surface area contributed by atoms with Gasteiger partial charge in [-0.1, -0.05) is 5.16 Å². The SMILES string of the molecule is CN(Cc1cc(-c2ccco2)on1)C1CCNC1.Cl. The highest BCUT2D eigenvalue weighted by Crippen LogP contribution is 2.21. The number of halogens is 1. The van der Waals surface area contributed by atoms with E-state index in [0.29, 0.717) is 11.8 Å². The first-order valence-corrected chi connectivity index (χ1v) is 6.23. The summed E-state index contributed by atoms with van der Waals surface area (Å²) in [5, 5.41) is 7.45. The summed E-state index contributed by atoms with van der Waals surface area (Å²) in [5.74, 6) is 1.41. The minimum atomic E-state index is 0. The lowest BCUT2D eigenvalue weighted by Gasteiger charge is -2.21. The average molecular weight is 284 g/mol. The van der Waals surface area contributed by atoms with Crippen molar-refractivity contribution in [2.24, 2.45) is 0 Å². The van der Waals surface area contributed by atoms with Gasteiger partial charge in [-0.2, -0.15) is 0 Å². The number of nitrogens with zero attached hydrogens (tertiary/aromatic N) is 2. The number of hydrogen-bond acceptors (Lipinski definition) is 5. The molecule has 1 unspecified atom stereocenters. The highest BCUT2D eigenvalue weighted by Gasteiger charge is 2.20. The molecule has 0 saturated carbocycles. The molecule has 6 heteroatoms. The van der Waals surface area contributed by atoms with E-state index in [0.717, 1.165) is 31.1 Å². The molecule has 5 nitrogen and oxygen atoms in total. The summed E-state index contributed by atoms with van der Waals surface area (Å²) in [6, 6.07) is 6.24. The average Bonchev–Trinajstić information content (AvgIpc) is 3.12. The lowest BCUT2D eigenvalue weighted by molar-refractivity contribution is 0.241. The Balaban J connectivity index is 0.00000133. The van der Waals surface area contributed by atoms with Crippen LogP contribution < -0.4 is 5.32 Å². The smallest absolute Gasteiger partial charge is 0.202 e. The number of furan rings is 1. The molecule has 2 aromatic rings. The molecule has 1 aliphatic heterocycles. The molecule has 0 bridgehead atoms. The molecule has 2 aromatic heterocycles. The van der Waals surface area contributed by atoms with Crippen molar-refractivity contribution >= 4 is 12.4 Å². The Bertz CT molecular complexity index is 492. The number of nitrogens with one attached hydrogen (secondary N) is 1. The van der Waals surface area contributed by atoms with Gasteiger partial charge in [-0.15, -0.1) is 12.4 Å². The molecule has 1 aliphatic rings. The maximum absolute atomic E-state index is 5.29. The fourth-order valence-electron chi connectivity index (χ4n) is 2.32. The first-order valence-electron chi connectivity index (χ1n) is 6.23. The first kappa shape index (κ1) is 14.1. The molecular weight excluding hydrogens is 266 g/mol. The molecule has 104 valence electrons.